The van der Waals surface area contributed by atoms with Crippen molar-refractivity contribution in [2.75, 3.05) is 0 Å². The van der Waals surface area contributed by atoms with Crippen LogP contribution in [-0.4, -0.2) is 6.04 Å². The maximum atomic E-state index is 5.82. The van der Waals surface area contributed by atoms with Crippen molar-refractivity contribution in [1.29, 1.82) is 0 Å². The molecular formula is C10H19N. The van der Waals surface area contributed by atoms with Gasteiger partial charge in [-0.05, 0) is 32.6 Å². The van der Waals surface area contributed by atoms with Crippen LogP contribution in [0.1, 0.15) is 45.4 Å². The molecule has 1 atom stereocenters. The van der Waals surface area contributed by atoms with Crippen LogP contribution in [-0.2, 0) is 0 Å². The lowest BCUT2D eigenvalue weighted by atomic mass is 9.96. The summed E-state index contributed by atoms with van der Waals surface area (Å²) in [5.41, 5.74) is 7.30. The topological polar surface area (TPSA) is 26.0 Å². The second-order valence-corrected chi connectivity index (χ2v) is 3.52. The second-order valence-electron chi connectivity index (χ2n) is 3.52. The molecule has 64 valence electrons. The fraction of sp³-hybridized carbons (Fsp3) is 0.800. The molecular weight excluding hydrogens is 134 g/mol. The standard InChI is InChI=1S/C10H19N/c1-9(11)10-7-5-3-2-4-6-8-10/h7,9H,2-6,8,11H2,1H3. The van der Waals surface area contributed by atoms with Gasteiger partial charge in [0.25, 0.3) is 0 Å². The van der Waals surface area contributed by atoms with E-state index in [1.165, 1.54) is 44.1 Å². The zero-order valence-electron chi connectivity index (χ0n) is 7.47. The number of rotatable bonds is 1. The van der Waals surface area contributed by atoms with E-state index < -0.39 is 0 Å². The molecule has 0 saturated carbocycles. The largest absolute Gasteiger partial charge is 0.324 e. The van der Waals surface area contributed by atoms with Crippen LogP contribution in [0.15, 0.2) is 11.6 Å². The molecule has 1 heteroatoms. The Labute approximate surface area is 69.7 Å². The van der Waals surface area contributed by atoms with E-state index in [1.807, 2.05) is 0 Å². The molecule has 0 bridgehead atoms. The number of nitrogens with two attached hydrogens (primary N) is 1. The van der Waals surface area contributed by atoms with Gasteiger partial charge in [-0.3, -0.25) is 0 Å². The zero-order valence-corrected chi connectivity index (χ0v) is 7.47. The molecule has 0 aromatic rings. The van der Waals surface area contributed by atoms with Crippen LogP contribution in [0.25, 0.3) is 0 Å². The minimum absolute atomic E-state index is 0.285. The molecule has 0 heterocycles. The van der Waals surface area contributed by atoms with Crippen LogP contribution >= 0.6 is 0 Å². The number of hydrogen-bond donors (Lipinski definition) is 1. The summed E-state index contributed by atoms with van der Waals surface area (Å²) in [6.07, 6.45) is 10.3. The second kappa shape index (κ2) is 4.55. The molecule has 11 heavy (non-hydrogen) atoms. The summed E-state index contributed by atoms with van der Waals surface area (Å²) in [4.78, 5) is 0. The molecule has 0 spiro atoms. The third-order valence-corrected chi connectivity index (χ3v) is 2.41. The Morgan fingerprint density at radius 2 is 2.00 bits per heavy atom. The first-order valence-electron chi connectivity index (χ1n) is 4.75. The monoisotopic (exact) mass is 153 g/mol. The number of hydrogen-bond acceptors (Lipinski definition) is 1. The maximum absolute atomic E-state index is 5.82. The first kappa shape index (κ1) is 8.79. The van der Waals surface area contributed by atoms with Gasteiger partial charge in [0.2, 0.25) is 0 Å². The molecule has 1 rings (SSSR count). The third kappa shape index (κ3) is 3.06. The summed E-state index contributed by atoms with van der Waals surface area (Å²) in [5, 5.41) is 0. The van der Waals surface area contributed by atoms with Crippen molar-refractivity contribution in [3.05, 3.63) is 11.6 Å². The van der Waals surface area contributed by atoms with E-state index in [2.05, 4.69) is 13.0 Å². The summed E-state index contributed by atoms with van der Waals surface area (Å²) in [6.45, 7) is 2.09. The molecule has 0 saturated heterocycles. The lowest BCUT2D eigenvalue weighted by Gasteiger charge is -2.13. The Hall–Kier alpha value is -0.300. The van der Waals surface area contributed by atoms with E-state index in [9.17, 15) is 0 Å². The Kier molecular flexibility index (Phi) is 3.64. The molecule has 0 aliphatic heterocycles. The van der Waals surface area contributed by atoms with Crippen molar-refractivity contribution in [3.8, 4) is 0 Å². The smallest absolute Gasteiger partial charge is 0.0224 e. The van der Waals surface area contributed by atoms with Gasteiger partial charge >= 0.3 is 0 Å². The van der Waals surface area contributed by atoms with Crippen LogP contribution in [0.4, 0.5) is 0 Å². The van der Waals surface area contributed by atoms with E-state index in [4.69, 9.17) is 5.73 Å². The molecule has 0 radical (unpaired) electrons. The van der Waals surface area contributed by atoms with Gasteiger partial charge in [-0.1, -0.05) is 24.5 Å². The van der Waals surface area contributed by atoms with Crippen molar-refractivity contribution in [1.82, 2.24) is 0 Å². The minimum Gasteiger partial charge on any atom is -0.324 e. The molecule has 1 aliphatic rings. The van der Waals surface area contributed by atoms with Gasteiger partial charge in [0.05, 0.1) is 0 Å². The van der Waals surface area contributed by atoms with Gasteiger partial charge < -0.3 is 5.73 Å². The predicted molar refractivity (Wildman–Crippen MR) is 49.4 cm³/mol. The average Bonchev–Trinajstić information content (AvgIpc) is 1.84. The zero-order chi connectivity index (χ0) is 8.10. The normalized spacial score (nSPS) is 23.3. The molecule has 2 N–H and O–H groups in total. The van der Waals surface area contributed by atoms with Gasteiger partial charge in [0.15, 0.2) is 0 Å². The van der Waals surface area contributed by atoms with Gasteiger partial charge in [-0.15, -0.1) is 0 Å². The SMILES string of the molecule is CC(N)C1=CCCCCCC1. The average molecular weight is 153 g/mol. The molecule has 0 aromatic carbocycles. The van der Waals surface area contributed by atoms with Crippen molar-refractivity contribution < 1.29 is 0 Å². The Balaban J connectivity index is 2.45. The van der Waals surface area contributed by atoms with Gasteiger partial charge in [0, 0.05) is 6.04 Å². The molecule has 1 nitrogen and oxygen atoms in total. The van der Waals surface area contributed by atoms with Crippen LogP contribution in [0, 0.1) is 0 Å². The van der Waals surface area contributed by atoms with Crippen LogP contribution in [0.5, 0.6) is 0 Å². The predicted octanol–water partition coefficient (Wildman–Crippen LogP) is 2.61. The van der Waals surface area contributed by atoms with Crippen molar-refractivity contribution in [2.45, 2.75) is 51.5 Å². The molecule has 0 aromatic heterocycles. The first-order valence-corrected chi connectivity index (χ1v) is 4.75. The Bertz CT molecular complexity index is 136. The van der Waals surface area contributed by atoms with Gasteiger partial charge in [0.1, 0.15) is 0 Å². The maximum Gasteiger partial charge on any atom is 0.0224 e. The van der Waals surface area contributed by atoms with Gasteiger partial charge in [-0.25, -0.2) is 0 Å². The molecule has 0 amide bonds. The highest BCUT2D eigenvalue weighted by atomic mass is 14.6. The molecule has 0 fully saturated rings. The summed E-state index contributed by atoms with van der Waals surface area (Å²) in [5.74, 6) is 0. The molecule has 1 unspecified atom stereocenters. The summed E-state index contributed by atoms with van der Waals surface area (Å²) in [7, 11) is 0. The van der Waals surface area contributed by atoms with E-state index in [-0.39, 0.29) is 6.04 Å². The van der Waals surface area contributed by atoms with Gasteiger partial charge in [-0.2, -0.15) is 0 Å². The van der Waals surface area contributed by atoms with E-state index in [0.717, 1.165) is 0 Å². The highest BCUT2D eigenvalue weighted by Crippen LogP contribution is 2.18. The Morgan fingerprint density at radius 3 is 2.73 bits per heavy atom. The van der Waals surface area contributed by atoms with Crippen molar-refractivity contribution in [2.24, 2.45) is 5.73 Å². The lowest BCUT2D eigenvalue weighted by Crippen LogP contribution is -2.18. The third-order valence-electron chi connectivity index (χ3n) is 2.41. The quantitative estimate of drug-likeness (QED) is 0.576. The first-order chi connectivity index (χ1) is 5.30. The fourth-order valence-electron chi connectivity index (χ4n) is 1.63. The van der Waals surface area contributed by atoms with Crippen molar-refractivity contribution in [3.63, 3.8) is 0 Å². The summed E-state index contributed by atoms with van der Waals surface area (Å²) >= 11 is 0. The van der Waals surface area contributed by atoms with Crippen molar-refractivity contribution >= 4 is 0 Å². The van der Waals surface area contributed by atoms with E-state index >= 15 is 0 Å². The van der Waals surface area contributed by atoms with E-state index in [1.54, 1.807) is 0 Å². The van der Waals surface area contributed by atoms with Crippen LogP contribution in [0.2, 0.25) is 0 Å². The lowest BCUT2D eigenvalue weighted by molar-refractivity contribution is 0.605. The number of allylic oxidation sites excluding steroid dienone is 1. The van der Waals surface area contributed by atoms with E-state index in [0.29, 0.717) is 0 Å². The summed E-state index contributed by atoms with van der Waals surface area (Å²) < 4.78 is 0. The minimum atomic E-state index is 0.285. The fourth-order valence-corrected chi connectivity index (χ4v) is 1.63. The highest BCUT2D eigenvalue weighted by Gasteiger charge is 2.04. The Morgan fingerprint density at radius 1 is 1.27 bits per heavy atom. The van der Waals surface area contributed by atoms with Crippen LogP contribution in [0.3, 0.4) is 0 Å². The van der Waals surface area contributed by atoms with Crippen LogP contribution < -0.4 is 5.73 Å². The highest BCUT2D eigenvalue weighted by molar-refractivity contribution is 5.09. The summed E-state index contributed by atoms with van der Waals surface area (Å²) in [6, 6.07) is 0.285. The molecule has 1 aliphatic carbocycles.